The van der Waals surface area contributed by atoms with Crippen molar-refractivity contribution in [1.82, 2.24) is 4.98 Å². The fourth-order valence-electron chi connectivity index (χ4n) is 2.19. The maximum absolute atomic E-state index is 4.42. The lowest BCUT2D eigenvalue weighted by atomic mass is 9.93. The van der Waals surface area contributed by atoms with Crippen LogP contribution in [0.5, 0.6) is 0 Å². The molecule has 0 radical (unpaired) electrons. The van der Waals surface area contributed by atoms with Gasteiger partial charge in [0, 0.05) is 11.9 Å². The Morgan fingerprint density at radius 1 is 1.00 bits per heavy atom. The van der Waals surface area contributed by atoms with E-state index in [9.17, 15) is 0 Å². The number of nitrogens with zero attached hydrogens (tertiary/aromatic N) is 1. The molecule has 0 amide bonds. The fourth-order valence-corrected chi connectivity index (χ4v) is 2.19. The molecule has 2 rings (SSSR count). The largest absolute Gasteiger partial charge is 0.261 e. The number of benzene rings is 1. The third-order valence-corrected chi connectivity index (χ3v) is 3.35. The third-order valence-electron chi connectivity index (χ3n) is 3.35. The lowest BCUT2D eigenvalue weighted by molar-refractivity contribution is 0.749. The summed E-state index contributed by atoms with van der Waals surface area (Å²) in [7, 11) is 0. The minimum atomic E-state index is 0.497. The average molecular weight is 239 g/mol. The first-order valence-corrected chi connectivity index (χ1v) is 6.66. The zero-order chi connectivity index (χ0) is 13.0. The molecule has 0 spiro atoms. The van der Waals surface area contributed by atoms with Gasteiger partial charge in [0.2, 0.25) is 0 Å². The van der Waals surface area contributed by atoms with E-state index in [1.54, 1.807) is 0 Å². The highest BCUT2D eigenvalue weighted by Gasteiger charge is 2.08. The Balaban J connectivity index is 2.12. The SMILES string of the molecule is CC(C)c1cc(CC(C)c2ccccc2)ccn1. The maximum atomic E-state index is 4.42. The summed E-state index contributed by atoms with van der Waals surface area (Å²) >= 11 is 0. The van der Waals surface area contributed by atoms with Crippen LogP contribution in [0.4, 0.5) is 0 Å². The molecule has 0 bridgehead atoms. The van der Waals surface area contributed by atoms with Gasteiger partial charge in [0.15, 0.2) is 0 Å². The Kier molecular flexibility index (Phi) is 4.14. The van der Waals surface area contributed by atoms with Gasteiger partial charge in [-0.3, -0.25) is 4.98 Å². The van der Waals surface area contributed by atoms with Crippen molar-refractivity contribution in [3.63, 3.8) is 0 Å². The highest BCUT2D eigenvalue weighted by atomic mass is 14.7. The van der Waals surface area contributed by atoms with Gasteiger partial charge < -0.3 is 0 Å². The number of pyridine rings is 1. The van der Waals surface area contributed by atoms with Crippen LogP contribution in [0.3, 0.4) is 0 Å². The van der Waals surface area contributed by atoms with Gasteiger partial charge in [-0.1, -0.05) is 51.1 Å². The minimum absolute atomic E-state index is 0.497. The second kappa shape index (κ2) is 5.81. The van der Waals surface area contributed by atoms with E-state index in [0.717, 1.165) is 6.42 Å². The van der Waals surface area contributed by atoms with Crippen molar-refractivity contribution in [3.8, 4) is 0 Å². The van der Waals surface area contributed by atoms with Crippen LogP contribution in [-0.2, 0) is 6.42 Å². The molecule has 1 heteroatoms. The number of hydrogen-bond acceptors (Lipinski definition) is 1. The molecule has 1 aromatic carbocycles. The van der Waals surface area contributed by atoms with Gasteiger partial charge in [-0.2, -0.15) is 0 Å². The fraction of sp³-hybridized carbons (Fsp3) is 0.353. The van der Waals surface area contributed by atoms with Gasteiger partial charge in [0.1, 0.15) is 0 Å². The predicted molar refractivity (Wildman–Crippen MR) is 76.9 cm³/mol. The molecule has 1 unspecified atom stereocenters. The van der Waals surface area contributed by atoms with E-state index in [0.29, 0.717) is 11.8 Å². The van der Waals surface area contributed by atoms with E-state index in [1.807, 2.05) is 6.20 Å². The first kappa shape index (κ1) is 12.8. The van der Waals surface area contributed by atoms with Gasteiger partial charge in [-0.05, 0) is 41.5 Å². The molecule has 0 aliphatic heterocycles. The van der Waals surface area contributed by atoms with Crippen LogP contribution in [0.25, 0.3) is 0 Å². The topological polar surface area (TPSA) is 12.9 Å². The molecule has 0 fully saturated rings. The second-order valence-corrected chi connectivity index (χ2v) is 5.26. The van der Waals surface area contributed by atoms with Crippen LogP contribution < -0.4 is 0 Å². The van der Waals surface area contributed by atoms with Crippen LogP contribution in [0, 0.1) is 0 Å². The van der Waals surface area contributed by atoms with E-state index in [2.05, 4.69) is 68.2 Å². The molecule has 18 heavy (non-hydrogen) atoms. The van der Waals surface area contributed by atoms with Crippen molar-refractivity contribution in [2.75, 3.05) is 0 Å². The average Bonchev–Trinajstić information content (AvgIpc) is 2.40. The molecule has 2 aromatic rings. The summed E-state index contributed by atoms with van der Waals surface area (Å²) in [5, 5.41) is 0. The summed E-state index contributed by atoms with van der Waals surface area (Å²) < 4.78 is 0. The summed E-state index contributed by atoms with van der Waals surface area (Å²) in [5.41, 5.74) is 3.97. The Hall–Kier alpha value is -1.63. The quantitative estimate of drug-likeness (QED) is 0.762. The van der Waals surface area contributed by atoms with Crippen LogP contribution >= 0.6 is 0 Å². The van der Waals surface area contributed by atoms with Gasteiger partial charge in [-0.25, -0.2) is 0 Å². The summed E-state index contributed by atoms with van der Waals surface area (Å²) in [5.74, 6) is 1.05. The molecule has 0 N–H and O–H groups in total. The molecule has 0 saturated heterocycles. The molecule has 1 heterocycles. The van der Waals surface area contributed by atoms with E-state index in [-0.39, 0.29) is 0 Å². The van der Waals surface area contributed by atoms with Crippen LogP contribution in [-0.4, -0.2) is 4.98 Å². The highest BCUT2D eigenvalue weighted by Crippen LogP contribution is 2.21. The molecule has 1 aromatic heterocycles. The van der Waals surface area contributed by atoms with Gasteiger partial charge in [0.25, 0.3) is 0 Å². The standard InChI is InChI=1S/C17H21N/c1-13(2)17-12-15(9-10-18-17)11-14(3)16-7-5-4-6-8-16/h4-10,12-14H,11H2,1-3H3. The van der Waals surface area contributed by atoms with E-state index in [1.165, 1.54) is 16.8 Å². The van der Waals surface area contributed by atoms with Crippen LogP contribution in [0.2, 0.25) is 0 Å². The highest BCUT2D eigenvalue weighted by molar-refractivity contribution is 5.24. The van der Waals surface area contributed by atoms with Crippen molar-refractivity contribution < 1.29 is 0 Å². The summed E-state index contributed by atoms with van der Waals surface area (Å²) in [6, 6.07) is 15.1. The molecule has 0 aliphatic rings. The Bertz CT molecular complexity index is 488. The van der Waals surface area contributed by atoms with Crippen molar-refractivity contribution in [2.24, 2.45) is 0 Å². The monoisotopic (exact) mass is 239 g/mol. The first-order chi connectivity index (χ1) is 8.66. The lowest BCUT2D eigenvalue weighted by Crippen LogP contribution is -2.00. The van der Waals surface area contributed by atoms with Crippen molar-refractivity contribution in [2.45, 2.75) is 39.0 Å². The van der Waals surface area contributed by atoms with Crippen molar-refractivity contribution in [1.29, 1.82) is 0 Å². The Morgan fingerprint density at radius 2 is 1.72 bits per heavy atom. The minimum Gasteiger partial charge on any atom is -0.261 e. The normalized spacial score (nSPS) is 12.7. The molecular weight excluding hydrogens is 218 g/mol. The molecule has 1 nitrogen and oxygen atoms in total. The number of aromatic nitrogens is 1. The van der Waals surface area contributed by atoms with Crippen LogP contribution in [0.1, 0.15) is 49.4 Å². The summed E-state index contributed by atoms with van der Waals surface area (Å²) in [6.45, 7) is 6.66. The van der Waals surface area contributed by atoms with E-state index >= 15 is 0 Å². The van der Waals surface area contributed by atoms with Crippen molar-refractivity contribution >= 4 is 0 Å². The second-order valence-electron chi connectivity index (χ2n) is 5.26. The van der Waals surface area contributed by atoms with Gasteiger partial charge in [0.05, 0.1) is 0 Å². The van der Waals surface area contributed by atoms with Gasteiger partial charge >= 0.3 is 0 Å². The van der Waals surface area contributed by atoms with E-state index in [4.69, 9.17) is 0 Å². The first-order valence-electron chi connectivity index (χ1n) is 6.66. The molecule has 0 aliphatic carbocycles. The Labute approximate surface area is 110 Å². The molecule has 1 atom stereocenters. The number of rotatable bonds is 4. The third kappa shape index (κ3) is 3.19. The number of hydrogen-bond donors (Lipinski definition) is 0. The van der Waals surface area contributed by atoms with E-state index < -0.39 is 0 Å². The van der Waals surface area contributed by atoms with Crippen molar-refractivity contribution in [3.05, 3.63) is 65.5 Å². The summed E-state index contributed by atoms with van der Waals surface area (Å²) in [6.07, 6.45) is 3.01. The lowest BCUT2D eigenvalue weighted by Gasteiger charge is -2.13. The predicted octanol–water partition coefficient (Wildman–Crippen LogP) is 4.55. The Morgan fingerprint density at radius 3 is 2.39 bits per heavy atom. The molecule has 0 saturated carbocycles. The van der Waals surface area contributed by atoms with Gasteiger partial charge in [-0.15, -0.1) is 0 Å². The molecule has 94 valence electrons. The smallest absolute Gasteiger partial charge is 0.0431 e. The van der Waals surface area contributed by atoms with Crippen LogP contribution in [0.15, 0.2) is 48.7 Å². The zero-order valence-electron chi connectivity index (χ0n) is 11.4. The molecular formula is C17H21N. The zero-order valence-corrected chi connectivity index (χ0v) is 11.4. The maximum Gasteiger partial charge on any atom is 0.0431 e. The summed E-state index contributed by atoms with van der Waals surface area (Å²) in [4.78, 5) is 4.42.